The summed E-state index contributed by atoms with van der Waals surface area (Å²) in [6.07, 6.45) is 0.505. The van der Waals surface area contributed by atoms with Gasteiger partial charge in [-0.2, -0.15) is 0 Å². The van der Waals surface area contributed by atoms with E-state index in [1.54, 1.807) is 4.90 Å². The molecule has 1 rings (SSSR count). The van der Waals surface area contributed by atoms with Crippen molar-refractivity contribution in [2.75, 3.05) is 18.9 Å². The summed E-state index contributed by atoms with van der Waals surface area (Å²) in [5, 5.41) is 9.06. The predicted octanol–water partition coefficient (Wildman–Crippen LogP) is 0.495. The predicted molar refractivity (Wildman–Crippen MR) is 59.5 cm³/mol. The van der Waals surface area contributed by atoms with Gasteiger partial charge in [-0.3, -0.25) is 9.59 Å². The van der Waals surface area contributed by atoms with Crippen LogP contribution >= 0.6 is 11.8 Å². The molecule has 0 aromatic rings. The summed E-state index contributed by atoms with van der Waals surface area (Å²) in [6.45, 7) is 4.03. The summed E-state index contributed by atoms with van der Waals surface area (Å²) in [4.78, 5) is 24.0. The number of rotatable bonds is 4. The molecule has 4 nitrogen and oxygen atoms in total. The van der Waals surface area contributed by atoms with Crippen LogP contribution in [-0.2, 0) is 9.59 Å². The van der Waals surface area contributed by atoms with Gasteiger partial charge in [0.2, 0.25) is 5.91 Å². The van der Waals surface area contributed by atoms with Gasteiger partial charge in [0.15, 0.2) is 5.12 Å². The standard InChI is InChI=1S/C10H17NO3S/c1-7(5-12)11-4-9(3-10(11)14)6-15-8(2)13/h7,9,12H,3-6H2,1-2H3. The van der Waals surface area contributed by atoms with Gasteiger partial charge in [-0.15, -0.1) is 0 Å². The highest BCUT2D eigenvalue weighted by Gasteiger charge is 2.32. The maximum absolute atomic E-state index is 11.6. The molecular weight excluding hydrogens is 214 g/mol. The van der Waals surface area contributed by atoms with Crippen molar-refractivity contribution >= 4 is 22.8 Å². The second kappa shape index (κ2) is 5.51. The Labute approximate surface area is 94.0 Å². The van der Waals surface area contributed by atoms with Gasteiger partial charge in [-0.05, 0) is 12.8 Å². The van der Waals surface area contributed by atoms with E-state index in [4.69, 9.17) is 5.11 Å². The van der Waals surface area contributed by atoms with Gasteiger partial charge in [0.1, 0.15) is 0 Å². The molecule has 0 radical (unpaired) electrons. The van der Waals surface area contributed by atoms with Crippen molar-refractivity contribution in [1.29, 1.82) is 0 Å². The molecule has 1 aliphatic heterocycles. The van der Waals surface area contributed by atoms with Crippen molar-refractivity contribution in [3.8, 4) is 0 Å². The largest absolute Gasteiger partial charge is 0.394 e. The Morgan fingerprint density at radius 1 is 1.73 bits per heavy atom. The van der Waals surface area contributed by atoms with Gasteiger partial charge in [0.05, 0.1) is 12.6 Å². The first-order valence-electron chi connectivity index (χ1n) is 5.08. The SMILES string of the molecule is CC(=O)SCC1CC(=O)N(C(C)CO)C1. The third kappa shape index (κ3) is 3.50. The lowest BCUT2D eigenvalue weighted by molar-refractivity contribution is -0.130. The molecule has 1 N–H and O–H groups in total. The van der Waals surface area contributed by atoms with Crippen molar-refractivity contribution in [1.82, 2.24) is 4.90 Å². The molecule has 1 aliphatic rings. The van der Waals surface area contributed by atoms with Crippen molar-refractivity contribution < 1.29 is 14.7 Å². The number of aliphatic hydroxyl groups is 1. The van der Waals surface area contributed by atoms with Crippen LogP contribution in [0, 0.1) is 5.92 Å². The molecule has 0 spiro atoms. The van der Waals surface area contributed by atoms with Crippen LogP contribution in [0.5, 0.6) is 0 Å². The van der Waals surface area contributed by atoms with Crippen molar-refractivity contribution in [3.63, 3.8) is 0 Å². The minimum absolute atomic E-state index is 0.00168. The summed E-state index contributed by atoms with van der Waals surface area (Å²) in [5.74, 6) is 1.04. The maximum Gasteiger partial charge on any atom is 0.223 e. The van der Waals surface area contributed by atoms with Gasteiger partial charge >= 0.3 is 0 Å². The Morgan fingerprint density at radius 2 is 2.40 bits per heavy atom. The molecule has 0 aromatic carbocycles. The zero-order valence-corrected chi connectivity index (χ0v) is 9.92. The quantitative estimate of drug-likeness (QED) is 0.765. The van der Waals surface area contributed by atoms with E-state index in [0.717, 1.165) is 0 Å². The van der Waals surface area contributed by atoms with Crippen LogP contribution in [-0.4, -0.2) is 46.0 Å². The Morgan fingerprint density at radius 3 is 2.93 bits per heavy atom. The van der Waals surface area contributed by atoms with Crippen LogP contribution in [0.2, 0.25) is 0 Å². The smallest absolute Gasteiger partial charge is 0.223 e. The van der Waals surface area contributed by atoms with E-state index in [2.05, 4.69) is 0 Å². The summed E-state index contributed by atoms with van der Waals surface area (Å²) in [6, 6.07) is -0.107. The van der Waals surface area contributed by atoms with E-state index in [-0.39, 0.29) is 29.6 Å². The average Bonchev–Trinajstić information content (AvgIpc) is 2.55. The third-order valence-electron chi connectivity index (χ3n) is 2.56. The third-order valence-corrected chi connectivity index (χ3v) is 3.60. The molecule has 15 heavy (non-hydrogen) atoms. The van der Waals surface area contributed by atoms with Crippen molar-refractivity contribution in [2.45, 2.75) is 26.3 Å². The average molecular weight is 231 g/mol. The zero-order chi connectivity index (χ0) is 11.4. The van der Waals surface area contributed by atoms with Crippen molar-refractivity contribution in [2.24, 2.45) is 5.92 Å². The van der Waals surface area contributed by atoms with Gasteiger partial charge < -0.3 is 10.0 Å². The van der Waals surface area contributed by atoms with Crippen LogP contribution in [0.4, 0.5) is 0 Å². The molecule has 0 bridgehead atoms. The minimum atomic E-state index is -0.107. The van der Waals surface area contributed by atoms with Crippen LogP contribution in [0.15, 0.2) is 0 Å². The fraction of sp³-hybridized carbons (Fsp3) is 0.800. The van der Waals surface area contributed by atoms with Crippen LogP contribution in [0.1, 0.15) is 20.3 Å². The maximum atomic E-state index is 11.6. The lowest BCUT2D eigenvalue weighted by Gasteiger charge is -2.22. The van der Waals surface area contributed by atoms with E-state index in [0.29, 0.717) is 18.7 Å². The van der Waals surface area contributed by atoms with E-state index < -0.39 is 0 Å². The van der Waals surface area contributed by atoms with Crippen LogP contribution < -0.4 is 0 Å². The highest BCUT2D eigenvalue weighted by molar-refractivity contribution is 8.13. The topological polar surface area (TPSA) is 57.6 Å². The number of hydrogen-bond donors (Lipinski definition) is 1. The lowest BCUT2D eigenvalue weighted by Crippen LogP contribution is -2.36. The Bertz CT molecular complexity index is 257. The molecule has 0 aromatic heterocycles. The number of carbonyl (C=O) groups excluding carboxylic acids is 2. The number of thioether (sulfide) groups is 1. The van der Waals surface area contributed by atoms with Crippen LogP contribution in [0.3, 0.4) is 0 Å². The first-order valence-corrected chi connectivity index (χ1v) is 6.06. The molecule has 0 saturated carbocycles. The second-order valence-corrected chi connectivity index (χ2v) is 5.15. The summed E-state index contributed by atoms with van der Waals surface area (Å²) >= 11 is 1.27. The number of aliphatic hydroxyl groups excluding tert-OH is 1. The summed E-state index contributed by atoms with van der Waals surface area (Å²) in [7, 11) is 0. The Balaban J connectivity index is 2.41. The highest BCUT2D eigenvalue weighted by atomic mass is 32.2. The minimum Gasteiger partial charge on any atom is -0.394 e. The van der Waals surface area contributed by atoms with E-state index in [1.165, 1.54) is 18.7 Å². The fourth-order valence-electron chi connectivity index (χ4n) is 1.68. The fourth-order valence-corrected chi connectivity index (χ4v) is 2.37. The normalized spacial score (nSPS) is 23.3. The summed E-state index contributed by atoms with van der Waals surface area (Å²) in [5.41, 5.74) is 0. The van der Waals surface area contributed by atoms with Gasteiger partial charge in [-0.25, -0.2) is 0 Å². The second-order valence-electron chi connectivity index (χ2n) is 3.95. The molecule has 1 heterocycles. The highest BCUT2D eigenvalue weighted by Crippen LogP contribution is 2.23. The number of carbonyl (C=O) groups is 2. The first kappa shape index (κ1) is 12.5. The number of amides is 1. The van der Waals surface area contributed by atoms with Gasteiger partial charge in [-0.1, -0.05) is 11.8 Å². The molecule has 0 aliphatic carbocycles. The monoisotopic (exact) mass is 231 g/mol. The molecular formula is C10H17NO3S. The van der Waals surface area contributed by atoms with Gasteiger partial charge in [0.25, 0.3) is 0 Å². The molecule has 86 valence electrons. The molecule has 5 heteroatoms. The molecule has 1 fully saturated rings. The number of nitrogens with zero attached hydrogens (tertiary/aromatic N) is 1. The van der Waals surface area contributed by atoms with Crippen molar-refractivity contribution in [3.05, 3.63) is 0 Å². The molecule has 1 amide bonds. The zero-order valence-electron chi connectivity index (χ0n) is 9.10. The molecule has 2 unspecified atom stereocenters. The van der Waals surface area contributed by atoms with E-state index >= 15 is 0 Å². The Kier molecular flexibility index (Phi) is 4.60. The number of hydrogen-bond acceptors (Lipinski definition) is 4. The van der Waals surface area contributed by atoms with Gasteiger partial charge in [0, 0.05) is 25.6 Å². The van der Waals surface area contributed by atoms with E-state index in [9.17, 15) is 9.59 Å². The summed E-state index contributed by atoms with van der Waals surface area (Å²) < 4.78 is 0. The molecule has 2 atom stereocenters. The number of likely N-dealkylation sites (tertiary alicyclic amines) is 1. The van der Waals surface area contributed by atoms with E-state index in [1.807, 2.05) is 6.92 Å². The Hall–Kier alpha value is -0.550. The first-order chi connectivity index (χ1) is 7.04. The lowest BCUT2D eigenvalue weighted by atomic mass is 10.1. The molecule has 1 saturated heterocycles. The van der Waals surface area contributed by atoms with Crippen LogP contribution in [0.25, 0.3) is 0 Å².